The smallest absolute Gasteiger partial charge is 0.435 e. The van der Waals surface area contributed by atoms with Crippen molar-refractivity contribution in [3.8, 4) is 0 Å². The highest BCUT2D eigenvalue weighted by Gasteiger charge is 2.58. The van der Waals surface area contributed by atoms with Crippen molar-refractivity contribution in [1.29, 1.82) is 0 Å². The van der Waals surface area contributed by atoms with Gasteiger partial charge in [-0.25, -0.2) is 0 Å². The molecule has 0 saturated heterocycles. The van der Waals surface area contributed by atoms with Crippen molar-refractivity contribution in [3.63, 3.8) is 0 Å². The summed E-state index contributed by atoms with van der Waals surface area (Å²) in [7, 11) is -4.44. The van der Waals surface area contributed by atoms with E-state index in [1.807, 2.05) is 0 Å². The van der Waals surface area contributed by atoms with Crippen LogP contribution >= 0.6 is 0 Å². The zero-order valence-corrected chi connectivity index (χ0v) is 10.6. The fourth-order valence-corrected chi connectivity index (χ4v) is 2.14. The first kappa shape index (κ1) is 14.5. The average Bonchev–Trinajstić information content (AvgIpc) is 2.50. The molecule has 0 bridgehead atoms. The van der Waals surface area contributed by atoms with Crippen LogP contribution in [0.2, 0.25) is 0 Å². The minimum atomic E-state index is -4.44. The Morgan fingerprint density at radius 1 is 1.30 bits per heavy atom. The molecule has 0 saturated carbocycles. The third kappa shape index (κ3) is 2.38. The monoisotopic (exact) mass is 310 g/mol. The van der Waals surface area contributed by atoms with E-state index in [0.717, 1.165) is 0 Å². The van der Waals surface area contributed by atoms with E-state index in [1.54, 1.807) is 0 Å². The van der Waals surface area contributed by atoms with E-state index < -0.39 is 46.2 Å². The maximum atomic E-state index is 11.1. The number of ether oxygens (including phenoxy) is 3. The highest BCUT2D eigenvalue weighted by molar-refractivity contribution is 7.82. The van der Waals surface area contributed by atoms with Crippen LogP contribution in [0.5, 0.6) is 0 Å². The Morgan fingerprint density at radius 2 is 1.95 bits per heavy atom. The van der Waals surface area contributed by atoms with Crippen LogP contribution in [0.4, 0.5) is 0 Å². The van der Waals surface area contributed by atoms with Crippen LogP contribution < -0.4 is 0 Å². The Balaban J connectivity index is 2.43. The molecule has 20 heavy (non-hydrogen) atoms. The molecular weight excluding hydrogens is 300 g/mol. The fourth-order valence-electron chi connectivity index (χ4n) is 1.42. The molecule has 3 N–H and O–H groups in total. The summed E-state index contributed by atoms with van der Waals surface area (Å²) in [6, 6.07) is 0. The van der Waals surface area contributed by atoms with Gasteiger partial charge in [0.2, 0.25) is 5.76 Å². The van der Waals surface area contributed by atoms with Gasteiger partial charge in [0.05, 0.1) is 12.7 Å². The first-order valence-electron chi connectivity index (χ1n) is 4.97. The Hall–Kier alpha value is -1.95. The Bertz CT molecular complexity index is 588. The molecule has 10 nitrogen and oxygen atoms in total. The molecule has 0 aromatic heterocycles. The predicted molar refractivity (Wildman–Crippen MR) is 57.4 cm³/mol. The van der Waals surface area contributed by atoms with Gasteiger partial charge in [-0.1, -0.05) is 6.58 Å². The normalized spacial score (nSPS) is 30.6. The fraction of sp³-hybridized carbons (Fsp3) is 0.333. The summed E-state index contributed by atoms with van der Waals surface area (Å²) in [6.45, 7) is 6.28. The second-order valence-electron chi connectivity index (χ2n) is 3.72. The van der Waals surface area contributed by atoms with Crippen LogP contribution in [0, 0.1) is 0 Å². The molecule has 0 spiro atoms. The summed E-state index contributed by atoms with van der Waals surface area (Å²) in [5.41, 5.74) is 0. The molecule has 0 radical (unpaired) electrons. The molecule has 1 atom stereocenters. The van der Waals surface area contributed by atoms with Crippen LogP contribution in [0.25, 0.3) is 0 Å². The molecule has 0 amide bonds. The molecule has 2 heterocycles. The largest absolute Gasteiger partial charge is 0.503 e. The van der Waals surface area contributed by atoms with Crippen LogP contribution in [0.3, 0.4) is 0 Å². The second-order valence-corrected chi connectivity index (χ2v) is 4.87. The molecule has 2 aliphatic rings. The summed E-state index contributed by atoms with van der Waals surface area (Å²) in [5, 5.41) is 29.5. The minimum absolute atomic E-state index is 0.620. The maximum absolute atomic E-state index is 11.1. The van der Waals surface area contributed by atoms with Gasteiger partial charge in [-0.15, -0.1) is 8.42 Å². The van der Waals surface area contributed by atoms with Gasteiger partial charge >= 0.3 is 22.3 Å². The van der Waals surface area contributed by atoms with Gasteiger partial charge in [0.1, 0.15) is 0 Å². The van der Waals surface area contributed by atoms with E-state index in [-0.39, 0.29) is 0 Å². The summed E-state index contributed by atoms with van der Waals surface area (Å²) in [5.74, 6) is -8.26. The van der Waals surface area contributed by atoms with Gasteiger partial charge in [0, 0.05) is 0 Å². The number of rotatable bonds is 2. The van der Waals surface area contributed by atoms with Crippen molar-refractivity contribution >= 4 is 10.4 Å². The minimum Gasteiger partial charge on any atom is -0.435 e. The molecule has 2 rings (SSSR count). The van der Waals surface area contributed by atoms with Gasteiger partial charge in [-0.05, 0) is 6.58 Å². The van der Waals surface area contributed by atoms with E-state index in [1.165, 1.54) is 0 Å². The molecule has 112 valence electrons. The number of hydrogen-bond donors (Lipinski definition) is 3. The standard InChI is InChI=1S/C9H10O10S/c1-3-15-9(12)8(10,11)4-6-7(16-5(2)17-9)19-20(13,14)18-6/h3,10-12H,1-2,4H2. The van der Waals surface area contributed by atoms with Gasteiger partial charge in [0.15, 0.2) is 0 Å². The summed E-state index contributed by atoms with van der Waals surface area (Å²) >= 11 is 0. The second kappa shape index (κ2) is 4.28. The molecule has 0 aromatic rings. The predicted octanol–water partition coefficient (Wildman–Crippen LogP) is -1.16. The van der Waals surface area contributed by atoms with Crippen molar-refractivity contribution < 1.29 is 46.3 Å². The summed E-state index contributed by atoms with van der Waals surface area (Å²) < 4.78 is 44.7. The Kier molecular flexibility index (Phi) is 3.09. The van der Waals surface area contributed by atoms with Crippen LogP contribution in [0.15, 0.2) is 37.1 Å². The van der Waals surface area contributed by atoms with Gasteiger partial charge in [0.25, 0.3) is 11.7 Å². The van der Waals surface area contributed by atoms with Crippen LogP contribution in [-0.2, 0) is 33.0 Å². The van der Waals surface area contributed by atoms with Gasteiger partial charge < -0.3 is 37.9 Å². The third-order valence-corrected chi connectivity index (χ3v) is 2.98. The zero-order valence-electron chi connectivity index (χ0n) is 9.81. The lowest BCUT2D eigenvalue weighted by Gasteiger charge is -2.37. The molecule has 0 fully saturated rings. The zero-order chi connectivity index (χ0) is 15.2. The van der Waals surface area contributed by atoms with E-state index >= 15 is 0 Å². The molecule has 11 heteroatoms. The molecule has 2 aliphatic heterocycles. The SMILES string of the molecule is C=COC1(O)OC(=C)OC2=C(CC1(O)O)OS(=O)(=O)O2. The quantitative estimate of drug-likeness (QED) is 0.422. The van der Waals surface area contributed by atoms with Crippen molar-refractivity contribution in [1.82, 2.24) is 0 Å². The van der Waals surface area contributed by atoms with Crippen molar-refractivity contribution in [2.45, 2.75) is 18.2 Å². The lowest BCUT2D eigenvalue weighted by Crippen LogP contribution is -2.58. The van der Waals surface area contributed by atoms with Crippen molar-refractivity contribution in [2.24, 2.45) is 0 Å². The molecule has 0 aliphatic carbocycles. The van der Waals surface area contributed by atoms with Crippen molar-refractivity contribution in [2.75, 3.05) is 0 Å². The summed E-state index contributed by atoms with van der Waals surface area (Å²) in [4.78, 5) is 0. The number of hydrogen-bond acceptors (Lipinski definition) is 10. The van der Waals surface area contributed by atoms with Crippen molar-refractivity contribution in [3.05, 3.63) is 37.1 Å². The van der Waals surface area contributed by atoms with E-state index in [2.05, 4.69) is 31.0 Å². The average molecular weight is 310 g/mol. The van der Waals surface area contributed by atoms with E-state index in [4.69, 9.17) is 4.74 Å². The Morgan fingerprint density at radius 3 is 2.55 bits per heavy atom. The van der Waals surface area contributed by atoms with E-state index in [0.29, 0.717) is 6.26 Å². The van der Waals surface area contributed by atoms with Crippen LogP contribution in [-0.4, -0.2) is 35.5 Å². The van der Waals surface area contributed by atoms with Gasteiger partial charge in [-0.2, -0.15) is 0 Å². The maximum Gasteiger partial charge on any atom is 0.503 e. The lowest BCUT2D eigenvalue weighted by molar-refractivity contribution is -0.458. The van der Waals surface area contributed by atoms with E-state index in [9.17, 15) is 23.7 Å². The molecular formula is C9H10O10S. The highest BCUT2D eigenvalue weighted by Crippen LogP contribution is 2.39. The van der Waals surface area contributed by atoms with Gasteiger partial charge in [-0.3, -0.25) is 0 Å². The van der Waals surface area contributed by atoms with Crippen LogP contribution in [0.1, 0.15) is 6.42 Å². The summed E-state index contributed by atoms with van der Waals surface area (Å²) in [6.07, 6.45) is -0.326. The lowest BCUT2D eigenvalue weighted by atomic mass is 10.1. The topological polar surface area (TPSA) is 141 Å². The number of aliphatic hydroxyl groups is 3. The molecule has 0 aromatic carbocycles. The third-order valence-electron chi connectivity index (χ3n) is 2.22. The first-order chi connectivity index (χ1) is 9.09. The first-order valence-corrected chi connectivity index (χ1v) is 6.30. The Labute approximate surface area is 113 Å². The molecule has 1 unspecified atom stereocenters. The highest BCUT2D eigenvalue weighted by atomic mass is 32.3.